The lowest BCUT2D eigenvalue weighted by atomic mass is 9.97. The molecule has 0 fully saturated rings. The number of phenolic OH excluding ortho intramolecular Hbond substituents is 1. The van der Waals surface area contributed by atoms with Crippen LogP contribution in [0.4, 0.5) is 0 Å². The Labute approximate surface area is 319 Å². The van der Waals surface area contributed by atoms with Crippen molar-refractivity contribution < 1.29 is 43.8 Å². The average Bonchev–Trinajstić information content (AvgIpc) is 3.49. The van der Waals surface area contributed by atoms with Crippen molar-refractivity contribution in [2.75, 3.05) is 6.54 Å². The second-order valence-corrected chi connectivity index (χ2v) is 13.8. The summed E-state index contributed by atoms with van der Waals surface area (Å²) in [6.07, 6.45) is -0.310. The highest BCUT2D eigenvalue weighted by Gasteiger charge is 2.32. The van der Waals surface area contributed by atoms with Gasteiger partial charge in [-0.25, -0.2) is 0 Å². The van der Waals surface area contributed by atoms with E-state index in [1.54, 1.807) is 26.0 Å². The number of primary amides is 2. The van der Waals surface area contributed by atoms with E-state index in [-0.39, 0.29) is 18.2 Å². The largest absolute Gasteiger partial charge is 0.508 e. The topological polar surface area (TPSA) is 288 Å². The Kier molecular flexibility index (Phi) is 18.0. The van der Waals surface area contributed by atoms with Crippen LogP contribution in [0.1, 0.15) is 58.6 Å². The van der Waals surface area contributed by atoms with Gasteiger partial charge in [0.2, 0.25) is 35.4 Å². The summed E-state index contributed by atoms with van der Waals surface area (Å²) in [5, 5.41) is 33.2. The van der Waals surface area contributed by atoms with Gasteiger partial charge in [0.05, 0.1) is 31.5 Å². The van der Waals surface area contributed by atoms with Gasteiger partial charge in [0.25, 0.3) is 0 Å². The van der Waals surface area contributed by atoms with Gasteiger partial charge >= 0.3 is 0 Å². The predicted octanol–water partition coefficient (Wildman–Crippen LogP) is -0.295. The zero-order chi connectivity index (χ0) is 41.4. The number of hydrogen-bond donors (Lipinski definition) is 10. The van der Waals surface area contributed by atoms with Crippen molar-refractivity contribution in [1.29, 1.82) is 0 Å². The van der Waals surface area contributed by atoms with Crippen molar-refractivity contribution in [3.8, 4) is 5.75 Å². The van der Waals surface area contributed by atoms with Gasteiger partial charge in [-0.3, -0.25) is 33.6 Å². The standard InChI is InChI=1S/C29H45N7O9.C9H9N/c1-14(2)26(42)25(16(5)37)36-29(45)21(12-23(31)40)34-24(41)13-32-27(43)20(11-22(30)39)35-28(44)19(33-15(3)4)10-17-6-8-18(38)9-7-17;1-7-6-10-9-5-3-2-4-8(7)9/h6-9,14-16,19-21,25,33,37-38H,10-13H2,1-5H3,(H2,30,39)(H2,31,40)(H,32,43)(H,34,41)(H,35,44)(H,36,45);2-6,10H,1H3/t16?,19-,20+,21+,25?;/m1./s1. The number of carbonyl (C=O) groups excluding carboxylic acids is 7. The minimum Gasteiger partial charge on any atom is -0.508 e. The van der Waals surface area contributed by atoms with E-state index < -0.39 is 96.8 Å². The SMILES string of the molecule is CC(C)N[C@H](Cc1ccc(O)cc1)C(=O)N[C@@H](CC(N)=O)C(=O)NCC(=O)N[C@@H](CC(N)=O)C(=O)NC(C(=O)C(C)C)C(C)O.Cc1c[nH]c2ccccc12. The summed E-state index contributed by atoms with van der Waals surface area (Å²) in [5.41, 5.74) is 13.7. The lowest BCUT2D eigenvalue weighted by molar-refractivity contribution is -0.135. The number of fused-ring (bicyclic) bond motifs is 1. The van der Waals surface area contributed by atoms with Crippen LogP contribution in [0.15, 0.2) is 54.7 Å². The molecule has 17 nitrogen and oxygen atoms in total. The molecule has 12 N–H and O–H groups in total. The molecule has 0 aliphatic rings. The highest BCUT2D eigenvalue weighted by molar-refractivity contribution is 5.97. The molecule has 3 aromatic rings. The minimum atomic E-state index is -1.54. The van der Waals surface area contributed by atoms with Crippen LogP contribution in [-0.4, -0.2) is 99.3 Å². The fraction of sp³-hybridized carbons (Fsp3) is 0.447. The van der Waals surface area contributed by atoms with Crippen LogP contribution in [0.25, 0.3) is 10.9 Å². The average molecular weight is 767 g/mol. The van der Waals surface area contributed by atoms with Crippen LogP contribution in [0.5, 0.6) is 5.75 Å². The van der Waals surface area contributed by atoms with Gasteiger partial charge in [0.1, 0.15) is 23.9 Å². The number of benzene rings is 2. The van der Waals surface area contributed by atoms with E-state index in [2.05, 4.69) is 56.7 Å². The molecule has 3 rings (SSSR count). The summed E-state index contributed by atoms with van der Waals surface area (Å²) in [6, 6.07) is 9.18. The maximum Gasteiger partial charge on any atom is 0.243 e. The Hall–Kier alpha value is -5.81. The molecule has 55 heavy (non-hydrogen) atoms. The molecule has 0 radical (unpaired) electrons. The third-order valence-electron chi connectivity index (χ3n) is 8.20. The summed E-state index contributed by atoms with van der Waals surface area (Å²) in [7, 11) is 0. The number of H-pyrrole nitrogens is 1. The number of rotatable bonds is 19. The van der Waals surface area contributed by atoms with Crippen LogP contribution in [0, 0.1) is 12.8 Å². The van der Waals surface area contributed by atoms with E-state index >= 15 is 0 Å². The Bertz CT molecular complexity index is 1790. The van der Waals surface area contributed by atoms with Crippen molar-refractivity contribution in [2.45, 2.75) is 97.1 Å². The van der Waals surface area contributed by atoms with Crippen LogP contribution in [0.2, 0.25) is 0 Å². The number of phenols is 1. The Morgan fingerprint density at radius 3 is 1.84 bits per heavy atom. The monoisotopic (exact) mass is 766 g/mol. The molecule has 2 aromatic carbocycles. The van der Waals surface area contributed by atoms with Gasteiger partial charge in [-0.15, -0.1) is 0 Å². The van der Waals surface area contributed by atoms with E-state index in [4.69, 9.17) is 11.5 Å². The molecule has 2 unspecified atom stereocenters. The summed E-state index contributed by atoms with van der Waals surface area (Å²) >= 11 is 0. The molecule has 0 aliphatic heterocycles. The number of nitrogens with one attached hydrogen (secondary N) is 6. The Balaban J connectivity index is 0.000000886. The number of nitrogens with two attached hydrogens (primary N) is 2. The number of aliphatic hydroxyl groups is 1. The van der Waals surface area contributed by atoms with Crippen molar-refractivity contribution >= 4 is 52.1 Å². The normalized spacial score (nSPS) is 13.7. The van der Waals surface area contributed by atoms with Gasteiger partial charge in [-0.2, -0.15) is 0 Å². The Morgan fingerprint density at radius 1 is 0.745 bits per heavy atom. The van der Waals surface area contributed by atoms with Crippen LogP contribution in [-0.2, 0) is 40.0 Å². The molecular formula is C38H54N8O9. The molecular weight excluding hydrogens is 712 g/mol. The highest BCUT2D eigenvalue weighted by Crippen LogP contribution is 2.16. The fourth-order valence-electron chi connectivity index (χ4n) is 5.39. The molecule has 0 aliphatic carbocycles. The van der Waals surface area contributed by atoms with E-state index in [0.29, 0.717) is 5.56 Å². The highest BCUT2D eigenvalue weighted by atomic mass is 16.3. The van der Waals surface area contributed by atoms with Crippen molar-refractivity contribution in [3.05, 3.63) is 65.9 Å². The summed E-state index contributed by atoms with van der Waals surface area (Å²) in [4.78, 5) is 90.4. The second kappa shape index (κ2) is 21.8. The van der Waals surface area contributed by atoms with Gasteiger partial charge in [0, 0.05) is 29.1 Å². The molecule has 1 aromatic heterocycles. The van der Waals surface area contributed by atoms with Gasteiger partial charge in [-0.1, -0.05) is 58.0 Å². The van der Waals surface area contributed by atoms with Gasteiger partial charge in [-0.05, 0) is 49.6 Å². The lowest BCUT2D eigenvalue weighted by Crippen LogP contribution is -2.58. The van der Waals surface area contributed by atoms with E-state index in [1.165, 1.54) is 35.5 Å². The number of aromatic nitrogens is 1. The van der Waals surface area contributed by atoms with Crippen molar-refractivity contribution in [3.63, 3.8) is 0 Å². The number of Topliss-reactive ketones (excluding diaryl/α,β-unsaturated/α-hetero) is 1. The number of ketones is 1. The number of aromatic amines is 1. The van der Waals surface area contributed by atoms with E-state index in [9.17, 15) is 43.8 Å². The number of carbonyl (C=O) groups is 7. The first-order valence-electron chi connectivity index (χ1n) is 17.8. The molecule has 17 heteroatoms. The lowest BCUT2D eigenvalue weighted by Gasteiger charge is -2.25. The van der Waals surface area contributed by atoms with E-state index in [0.717, 1.165) is 0 Å². The summed E-state index contributed by atoms with van der Waals surface area (Å²) in [6.45, 7) is 9.42. The van der Waals surface area contributed by atoms with Crippen molar-refractivity contribution in [1.82, 2.24) is 31.6 Å². The van der Waals surface area contributed by atoms with Crippen LogP contribution in [0.3, 0.4) is 0 Å². The van der Waals surface area contributed by atoms with Crippen LogP contribution >= 0.6 is 0 Å². The second-order valence-electron chi connectivity index (χ2n) is 13.8. The molecule has 0 spiro atoms. The fourth-order valence-corrected chi connectivity index (χ4v) is 5.39. The number of amides is 6. The number of aryl methyl sites for hydroxylation is 1. The first-order chi connectivity index (χ1) is 25.8. The van der Waals surface area contributed by atoms with Gasteiger partial charge in [0.15, 0.2) is 5.78 Å². The molecule has 6 amide bonds. The zero-order valence-corrected chi connectivity index (χ0v) is 32.0. The first-order valence-corrected chi connectivity index (χ1v) is 17.8. The maximum absolute atomic E-state index is 13.2. The van der Waals surface area contributed by atoms with Crippen molar-refractivity contribution in [2.24, 2.45) is 17.4 Å². The molecule has 300 valence electrons. The summed E-state index contributed by atoms with van der Waals surface area (Å²) < 4.78 is 0. The summed E-state index contributed by atoms with van der Waals surface area (Å²) in [5.74, 6) is -6.31. The van der Waals surface area contributed by atoms with E-state index in [1.807, 2.05) is 26.1 Å². The zero-order valence-electron chi connectivity index (χ0n) is 32.0. The third-order valence-corrected chi connectivity index (χ3v) is 8.20. The molecule has 0 bridgehead atoms. The predicted molar refractivity (Wildman–Crippen MR) is 205 cm³/mol. The third kappa shape index (κ3) is 15.6. The quantitative estimate of drug-likeness (QED) is 0.0761. The molecule has 1 heterocycles. The van der Waals surface area contributed by atoms with Gasteiger partial charge < -0.3 is 53.2 Å². The molecule has 0 saturated heterocycles. The maximum atomic E-state index is 13.2. The molecule has 0 saturated carbocycles. The minimum absolute atomic E-state index is 0.0468. The first kappa shape index (κ1) is 45.3. The van der Waals surface area contributed by atoms with Crippen LogP contribution < -0.4 is 38.1 Å². The Morgan fingerprint density at radius 2 is 1.31 bits per heavy atom. The smallest absolute Gasteiger partial charge is 0.243 e. The number of para-hydroxylation sites is 1. The number of hydrogen-bond acceptors (Lipinski definition) is 10. The molecule has 5 atom stereocenters. The number of aliphatic hydroxyl groups excluding tert-OH is 1. The number of aromatic hydroxyl groups is 1.